The Hall–Kier alpha value is -2.73. The second-order valence-corrected chi connectivity index (χ2v) is 4.96. The number of benzene rings is 2. The van der Waals surface area contributed by atoms with Gasteiger partial charge in [-0.1, -0.05) is 35.7 Å². The zero-order valence-electron chi connectivity index (χ0n) is 12.2. The summed E-state index contributed by atoms with van der Waals surface area (Å²) in [6.07, 6.45) is 5.33. The summed E-state index contributed by atoms with van der Waals surface area (Å²) in [6, 6.07) is 13.1. The Morgan fingerprint density at radius 1 is 1.19 bits per heavy atom. The molecule has 0 atom stereocenters. The molecule has 0 radical (unpaired) electrons. The number of anilines is 1. The molecule has 0 saturated carbocycles. The third kappa shape index (κ3) is 4.12. The minimum atomic E-state index is -0.246. The van der Waals surface area contributed by atoms with Crippen LogP contribution in [0.15, 0.2) is 42.5 Å². The summed E-state index contributed by atoms with van der Waals surface area (Å²) >= 11 is 0. The predicted octanol–water partition coefficient (Wildman–Crippen LogP) is 3.61. The van der Waals surface area contributed by atoms with Crippen molar-refractivity contribution in [3.05, 3.63) is 64.7 Å². The number of carbonyl (C=O) groups excluding carboxylic acids is 1. The monoisotopic (exact) mass is 278 g/mol. The molecule has 2 amide bonds. The van der Waals surface area contributed by atoms with Crippen LogP contribution in [-0.4, -0.2) is 6.03 Å². The third-order valence-corrected chi connectivity index (χ3v) is 3.22. The topological polar surface area (TPSA) is 41.1 Å². The van der Waals surface area contributed by atoms with Crippen LogP contribution in [0.4, 0.5) is 10.5 Å². The first kappa shape index (κ1) is 14.7. The van der Waals surface area contributed by atoms with Gasteiger partial charge in [-0.25, -0.2) is 4.79 Å². The van der Waals surface area contributed by atoms with E-state index >= 15 is 0 Å². The van der Waals surface area contributed by atoms with Gasteiger partial charge in [0.15, 0.2) is 0 Å². The Kier molecular flexibility index (Phi) is 4.63. The molecule has 0 saturated heterocycles. The maximum absolute atomic E-state index is 11.9. The minimum absolute atomic E-state index is 0.246. The number of rotatable bonds is 3. The molecule has 2 aromatic carbocycles. The lowest BCUT2D eigenvalue weighted by molar-refractivity contribution is 0.251. The first-order chi connectivity index (χ1) is 10.1. The van der Waals surface area contributed by atoms with Gasteiger partial charge in [-0.2, -0.15) is 0 Å². The van der Waals surface area contributed by atoms with E-state index in [-0.39, 0.29) is 6.03 Å². The van der Waals surface area contributed by atoms with Crippen molar-refractivity contribution in [3.63, 3.8) is 0 Å². The molecular weight excluding hydrogens is 260 g/mol. The second-order valence-electron chi connectivity index (χ2n) is 4.96. The van der Waals surface area contributed by atoms with E-state index in [9.17, 15) is 4.79 Å². The van der Waals surface area contributed by atoms with Gasteiger partial charge in [-0.05, 0) is 43.2 Å². The smallest absolute Gasteiger partial charge is 0.319 e. The van der Waals surface area contributed by atoms with Crippen LogP contribution in [0.2, 0.25) is 0 Å². The number of urea groups is 1. The van der Waals surface area contributed by atoms with Gasteiger partial charge in [-0.3, -0.25) is 0 Å². The first-order valence-corrected chi connectivity index (χ1v) is 6.76. The number of hydrogen-bond acceptors (Lipinski definition) is 1. The molecule has 0 aliphatic carbocycles. The number of amides is 2. The van der Waals surface area contributed by atoms with Crippen molar-refractivity contribution in [2.45, 2.75) is 20.4 Å². The number of hydrogen-bond donors (Lipinski definition) is 2. The number of terminal acetylenes is 1. The van der Waals surface area contributed by atoms with Crippen LogP contribution < -0.4 is 10.6 Å². The molecule has 2 aromatic rings. The normalized spacial score (nSPS) is 9.76. The molecule has 0 fully saturated rings. The van der Waals surface area contributed by atoms with Crippen molar-refractivity contribution in [1.29, 1.82) is 0 Å². The molecule has 0 unspecified atom stereocenters. The Bertz CT molecular complexity index is 699. The minimum Gasteiger partial charge on any atom is -0.334 e. The molecule has 106 valence electrons. The van der Waals surface area contributed by atoms with Crippen LogP contribution >= 0.6 is 0 Å². The quantitative estimate of drug-likeness (QED) is 0.827. The summed E-state index contributed by atoms with van der Waals surface area (Å²) in [4.78, 5) is 11.9. The molecular formula is C18H18N2O. The van der Waals surface area contributed by atoms with Crippen LogP contribution in [0.25, 0.3) is 0 Å². The fourth-order valence-electron chi connectivity index (χ4n) is 2.08. The summed E-state index contributed by atoms with van der Waals surface area (Å²) in [5.41, 5.74) is 4.91. The van der Waals surface area contributed by atoms with E-state index < -0.39 is 0 Å². The zero-order chi connectivity index (χ0) is 15.2. The lowest BCUT2D eigenvalue weighted by Crippen LogP contribution is -2.28. The molecule has 0 spiro atoms. The highest BCUT2D eigenvalue weighted by Gasteiger charge is 2.04. The van der Waals surface area contributed by atoms with Crippen molar-refractivity contribution in [2.75, 3.05) is 5.32 Å². The third-order valence-electron chi connectivity index (χ3n) is 3.22. The summed E-state index contributed by atoms with van der Waals surface area (Å²) in [6.45, 7) is 4.58. The molecule has 0 aromatic heterocycles. The highest BCUT2D eigenvalue weighted by Crippen LogP contribution is 2.11. The van der Waals surface area contributed by atoms with E-state index in [1.165, 1.54) is 11.1 Å². The second kappa shape index (κ2) is 6.62. The zero-order valence-corrected chi connectivity index (χ0v) is 12.2. The lowest BCUT2D eigenvalue weighted by Gasteiger charge is -2.10. The Balaban J connectivity index is 1.94. The van der Waals surface area contributed by atoms with Gasteiger partial charge in [0.05, 0.1) is 0 Å². The highest BCUT2D eigenvalue weighted by atomic mass is 16.2. The summed E-state index contributed by atoms with van der Waals surface area (Å²) in [7, 11) is 0. The van der Waals surface area contributed by atoms with E-state index in [4.69, 9.17) is 6.42 Å². The molecule has 0 heterocycles. The summed E-state index contributed by atoms with van der Waals surface area (Å²) < 4.78 is 0. The average molecular weight is 278 g/mol. The SMILES string of the molecule is C#Cc1cccc(NC(=O)NCc2ccc(C)cc2C)c1. The molecule has 0 aliphatic rings. The van der Waals surface area contributed by atoms with Crippen LogP contribution in [-0.2, 0) is 6.54 Å². The summed E-state index contributed by atoms with van der Waals surface area (Å²) in [5, 5.41) is 5.62. The molecule has 2 rings (SSSR count). The molecule has 21 heavy (non-hydrogen) atoms. The largest absolute Gasteiger partial charge is 0.334 e. The van der Waals surface area contributed by atoms with Crippen molar-refractivity contribution < 1.29 is 4.79 Å². The van der Waals surface area contributed by atoms with Crippen LogP contribution in [0.1, 0.15) is 22.3 Å². The van der Waals surface area contributed by atoms with Gasteiger partial charge < -0.3 is 10.6 Å². The van der Waals surface area contributed by atoms with E-state index in [0.29, 0.717) is 12.2 Å². The Morgan fingerprint density at radius 3 is 2.71 bits per heavy atom. The maximum atomic E-state index is 11.9. The Morgan fingerprint density at radius 2 is 2.00 bits per heavy atom. The fourth-order valence-corrected chi connectivity index (χ4v) is 2.08. The van der Waals surface area contributed by atoms with Crippen LogP contribution in [0.3, 0.4) is 0 Å². The van der Waals surface area contributed by atoms with Crippen molar-refractivity contribution in [1.82, 2.24) is 5.32 Å². The standard InChI is InChI=1S/C18H18N2O/c1-4-15-6-5-7-17(11-15)20-18(21)19-12-16-9-8-13(2)10-14(16)3/h1,5-11H,12H2,2-3H3,(H2,19,20,21). The van der Waals surface area contributed by atoms with E-state index in [1.54, 1.807) is 12.1 Å². The van der Waals surface area contributed by atoms with E-state index in [0.717, 1.165) is 11.1 Å². The van der Waals surface area contributed by atoms with Crippen molar-refractivity contribution in [3.8, 4) is 12.3 Å². The molecule has 0 bridgehead atoms. The van der Waals surface area contributed by atoms with Gasteiger partial charge in [0, 0.05) is 17.8 Å². The van der Waals surface area contributed by atoms with E-state index in [1.807, 2.05) is 31.2 Å². The van der Waals surface area contributed by atoms with Gasteiger partial charge in [0.25, 0.3) is 0 Å². The predicted molar refractivity (Wildman–Crippen MR) is 86.2 cm³/mol. The molecule has 3 heteroatoms. The average Bonchev–Trinajstić information content (AvgIpc) is 2.46. The number of nitrogens with one attached hydrogen (secondary N) is 2. The van der Waals surface area contributed by atoms with Crippen molar-refractivity contribution >= 4 is 11.7 Å². The number of carbonyl (C=O) groups is 1. The molecule has 3 nitrogen and oxygen atoms in total. The lowest BCUT2D eigenvalue weighted by atomic mass is 10.1. The molecule has 2 N–H and O–H groups in total. The highest BCUT2D eigenvalue weighted by molar-refractivity contribution is 5.89. The fraction of sp³-hybridized carbons (Fsp3) is 0.167. The van der Waals surface area contributed by atoms with Gasteiger partial charge in [0.2, 0.25) is 0 Å². The van der Waals surface area contributed by atoms with E-state index in [2.05, 4.69) is 29.5 Å². The van der Waals surface area contributed by atoms with Gasteiger partial charge >= 0.3 is 6.03 Å². The summed E-state index contributed by atoms with van der Waals surface area (Å²) in [5.74, 6) is 2.54. The maximum Gasteiger partial charge on any atom is 0.319 e. The van der Waals surface area contributed by atoms with Gasteiger partial charge in [0.1, 0.15) is 0 Å². The first-order valence-electron chi connectivity index (χ1n) is 6.76. The van der Waals surface area contributed by atoms with Crippen molar-refractivity contribution in [2.24, 2.45) is 0 Å². The van der Waals surface area contributed by atoms with Gasteiger partial charge in [-0.15, -0.1) is 6.42 Å². The molecule has 0 aliphatic heterocycles. The number of aryl methyl sites for hydroxylation is 2. The Labute approximate surface area is 125 Å². The van der Waals surface area contributed by atoms with Crippen LogP contribution in [0.5, 0.6) is 0 Å². The van der Waals surface area contributed by atoms with Crippen LogP contribution in [0, 0.1) is 26.2 Å².